The lowest BCUT2D eigenvalue weighted by Crippen LogP contribution is -2.29. The number of benzene rings is 2. The van der Waals surface area contributed by atoms with E-state index >= 15 is 0 Å². The molecule has 0 unspecified atom stereocenters. The fourth-order valence-corrected chi connectivity index (χ4v) is 3.62. The number of fused-ring (bicyclic) bond motifs is 1. The third-order valence-corrected chi connectivity index (χ3v) is 5.04. The molecule has 2 heterocycles. The van der Waals surface area contributed by atoms with Crippen LogP contribution in [0.1, 0.15) is 5.56 Å². The van der Waals surface area contributed by atoms with E-state index in [1.54, 1.807) is 0 Å². The third kappa shape index (κ3) is 2.88. The number of aryl methyl sites for hydroxylation is 1. The van der Waals surface area contributed by atoms with Crippen molar-refractivity contribution in [3.63, 3.8) is 0 Å². The SMILES string of the molecule is Cc1ccc(Nc2nc3sc(-c4ccccc4)cc3c(=O)n2N)cc1. The van der Waals surface area contributed by atoms with Crippen LogP contribution in [-0.2, 0) is 0 Å². The summed E-state index contributed by atoms with van der Waals surface area (Å²) in [6, 6.07) is 19.6. The van der Waals surface area contributed by atoms with E-state index in [9.17, 15) is 4.79 Å². The number of rotatable bonds is 3. The summed E-state index contributed by atoms with van der Waals surface area (Å²) in [5.74, 6) is 6.28. The second-order valence-electron chi connectivity index (χ2n) is 5.80. The number of aromatic nitrogens is 2. The molecule has 4 aromatic rings. The standard InChI is InChI=1S/C19H16N4OS/c1-12-7-9-14(10-8-12)21-19-22-17-15(18(24)23(19)20)11-16(25-17)13-5-3-2-4-6-13/h2-11H,20H2,1H3,(H,21,22). The van der Waals surface area contributed by atoms with Gasteiger partial charge in [-0.3, -0.25) is 4.79 Å². The Morgan fingerprint density at radius 3 is 2.52 bits per heavy atom. The summed E-state index contributed by atoms with van der Waals surface area (Å²) in [6.45, 7) is 2.02. The molecule has 2 aromatic carbocycles. The quantitative estimate of drug-likeness (QED) is 0.551. The Hall–Kier alpha value is -3.12. The van der Waals surface area contributed by atoms with Gasteiger partial charge in [0.05, 0.1) is 5.39 Å². The van der Waals surface area contributed by atoms with Crippen LogP contribution in [-0.4, -0.2) is 9.66 Å². The second kappa shape index (κ2) is 6.07. The highest BCUT2D eigenvalue weighted by Crippen LogP contribution is 2.31. The van der Waals surface area contributed by atoms with Crippen molar-refractivity contribution < 1.29 is 0 Å². The van der Waals surface area contributed by atoms with Gasteiger partial charge in [0.2, 0.25) is 5.95 Å². The number of nitrogens with two attached hydrogens (primary N) is 1. The summed E-state index contributed by atoms with van der Waals surface area (Å²) in [5, 5.41) is 3.64. The maximum Gasteiger partial charge on any atom is 0.282 e. The molecule has 0 aliphatic carbocycles. The van der Waals surface area contributed by atoms with Crippen LogP contribution < -0.4 is 16.7 Å². The van der Waals surface area contributed by atoms with Gasteiger partial charge in [-0.15, -0.1) is 11.3 Å². The van der Waals surface area contributed by atoms with Crippen molar-refractivity contribution in [2.45, 2.75) is 6.92 Å². The predicted molar refractivity (Wildman–Crippen MR) is 104 cm³/mol. The summed E-state index contributed by atoms with van der Waals surface area (Å²) in [4.78, 5) is 18.8. The number of anilines is 2. The Balaban J connectivity index is 1.80. The lowest BCUT2D eigenvalue weighted by molar-refractivity contribution is 0.929. The van der Waals surface area contributed by atoms with Crippen LogP contribution in [0.3, 0.4) is 0 Å². The maximum absolute atomic E-state index is 12.6. The molecular formula is C19H16N4OS. The van der Waals surface area contributed by atoms with E-state index in [0.717, 1.165) is 26.4 Å². The lowest BCUT2D eigenvalue weighted by atomic mass is 10.2. The highest BCUT2D eigenvalue weighted by atomic mass is 32.1. The summed E-state index contributed by atoms with van der Waals surface area (Å²) in [6.07, 6.45) is 0. The average Bonchev–Trinajstić information content (AvgIpc) is 3.06. The molecule has 0 saturated heterocycles. The Morgan fingerprint density at radius 2 is 1.80 bits per heavy atom. The number of nitrogen functional groups attached to an aromatic ring is 1. The summed E-state index contributed by atoms with van der Waals surface area (Å²) >= 11 is 1.48. The van der Waals surface area contributed by atoms with Gasteiger partial charge in [0.25, 0.3) is 5.56 Å². The molecule has 0 bridgehead atoms. The minimum Gasteiger partial charge on any atom is -0.333 e. The second-order valence-corrected chi connectivity index (χ2v) is 6.83. The molecule has 6 heteroatoms. The van der Waals surface area contributed by atoms with Crippen molar-refractivity contribution in [1.82, 2.24) is 9.66 Å². The van der Waals surface area contributed by atoms with E-state index < -0.39 is 0 Å². The van der Waals surface area contributed by atoms with E-state index in [1.807, 2.05) is 67.6 Å². The molecule has 0 spiro atoms. The molecular weight excluding hydrogens is 332 g/mol. The van der Waals surface area contributed by atoms with Gasteiger partial charge in [-0.25, -0.2) is 4.98 Å². The fourth-order valence-electron chi connectivity index (χ4n) is 2.59. The van der Waals surface area contributed by atoms with E-state index in [2.05, 4.69) is 10.3 Å². The Labute approximate surface area is 148 Å². The monoisotopic (exact) mass is 348 g/mol. The van der Waals surface area contributed by atoms with Crippen LogP contribution in [0.5, 0.6) is 0 Å². The van der Waals surface area contributed by atoms with Crippen molar-refractivity contribution in [2.24, 2.45) is 0 Å². The van der Waals surface area contributed by atoms with Gasteiger partial charge in [0.15, 0.2) is 0 Å². The van der Waals surface area contributed by atoms with E-state index in [4.69, 9.17) is 5.84 Å². The van der Waals surface area contributed by atoms with Gasteiger partial charge in [-0.05, 0) is 30.7 Å². The Kier molecular flexibility index (Phi) is 3.74. The fraction of sp³-hybridized carbons (Fsp3) is 0.0526. The zero-order valence-electron chi connectivity index (χ0n) is 13.6. The maximum atomic E-state index is 12.6. The molecule has 0 amide bonds. The molecule has 0 aliphatic rings. The van der Waals surface area contributed by atoms with Crippen LogP contribution in [0.4, 0.5) is 11.6 Å². The van der Waals surface area contributed by atoms with Crippen LogP contribution in [0.25, 0.3) is 20.7 Å². The first-order chi connectivity index (χ1) is 12.1. The van der Waals surface area contributed by atoms with Crippen molar-refractivity contribution >= 4 is 33.2 Å². The molecule has 0 atom stereocenters. The first-order valence-corrected chi connectivity index (χ1v) is 8.64. The lowest BCUT2D eigenvalue weighted by Gasteiger charge is -2.09. The van der Waals surface area contributed by atoms with Gasteiger partial charge in [0, 0.05) is 10.6 Å². The molecule has 0 aliphatic heterocycles. The van der Waals surface area contributed by atoms with Crippen molar-refractivity contribution in [3.05, 3.63) is 76.6 Å². The largest absolute Gasteiger partial charge is 0.333 e. The Morgan fingerprint density at radius 1 is 1.08 bits per heavy atom. The topological polar surface area (TPSA) is 72.9 Å². The van der Waals surface area contributed by atoms with Gasteiger partial charge in [-0.2, -0.15) is 4.68 Å². The zero-order valence-corrected chi connectivity index (χ0v) is 14.4. The Bertz CT molecular complexity index is 1100. The molecule has 0 saturated carbocycles. The zero-order chi connectivity index (χ0) is 17.4. The molecule has 25 heavy (non-hydrogen) atoms. The van der Waals surface area contributed by atoms with Gasteiger partial charge in [-0.1, -0.05) is 48.0 Å². The average molecular weight is 348 g/mol. The molecule has 4 rings (SSSR count). The number of thiophene rings is 1. The van der Waals surface area contributed by atoms with Crippen LogP contribution in [0, 0.1) is 6.92 Å². The highest BCUT2D eigenvalue weighted by molar-refractivity contribution is 7.21. The highest BCUT2D eigenvalue weighted by Gasteiger charge is 2.13. The van der Waals surface area contributed by atoms with Crippen molar-refractivity contribution in [1.29, 1.82) is 0 Å². The summed E-state index contributed by atoms with van der Waals surface area (Å²) in [7, 11) is 0. The van der Waals surface area contributed by atoms with Gasteiger partial charge >= 0.3 is 0 Å². The van der Waals surface area contributed by atoms with Crippen LogP contribution >= 0.6 is 11.3 Å². The molecule has 0 fully saturated rings. The molecule has 2 aromatic heterocycles. The number of hydrogen-bond donors (Lipinski definition) is 2. The van der Waals surface area contributed by atoms with Gasteiger partial charge in [0.1, 0.15) is 4.83 Å². The summed E-state index contributed by atoms with van der Waals surface area (Å²) < 4.78 is 1.06. The number of nitrogens with one attached hydrogen (secondary N) is 1. The first kappa shape index (κ1) is 15.4. The van der Waals surface area contributed by atoms with E-state index in [1.165, 1.54) is 11.3 Å². The molecule has 5 nitrogen and oxygen atoms in total. The minimum absolute atomic E-state index is 0.266. The molecule has 3 N–H and O–H groups in total. The predicted octanol–water partition coefficient (Wildman–Crippen LogP) is 3.89. The van der Waals surface area contributed by atoms with Gasteiger partial charge < -0.3 is 11.2 Å². The van der Waals surface area contributed by atoms with Crippen molar-refractivity contribution in [2.75, 3.05) is 11.2 Å². The van der Waals surface area contributed by atoms with Crippen LogP contribution in [0.15, 0.2) is 65.5 Å². The summed E-state index contributed by atoms with van der Waals surface area (Å²) in [5.41, 5.74) is 2.78. The molecule has 124 valence electrons. The van der Waals surface area contributed by atoms with Crippen LogP contribution in [0.2, 0.25) is 0 Å². The number of hydrogen-bond acceptors (Lipinski definition) is 5. The molecule has 0 radical (unpaired) electrons. The smallest absolute Gasteiger partial charge is 0.282 e. The van der Waals surface area contributed by atoms with E-state index in [-0.39, 0.29) is 5.56 Å². The minimum atomic E-state index is -0.266. The third-order valence-electron chi connectivity index (χ3n) is 3.96. The van der Waals surface area contributed by atoms with Crippen molar-refractivity contribution in [3.8, 4) is 10.4 Å². The normalized spacial score (nSPS) is 10.9. The first-order valence-electron chi connectivity index (χ1n) is 7.82. The van der Waals surface area contributed by atoms with E-state index in [0.29, 0.717) is 16.2 Å². The number of nitrogens with zero attached hydrogens (tertiary/aromatic N) is 2.